The number of unbranched alkanes of at least 4 members (excludes halogenated alkanes) is 2. The Hall–Kier alpha value is -3.36. The van der Waals surface area contributed by atoms with Crippen molar-refractivity contribution in [3.8, 4) is 23.7 Å². The van der Waals surface area contributed by atoms with Crippen LogP contribution in [0.3, 0.4) is 0 Å². The normalized spacial score (nSPS) is 10.0. The quantitative estimate of drug-likeness (QED) is 0.335. The van der Waals surface area contributed by atoms with E-state index in [1.807, 2.05) is 12.1 Å². The van der Waals surface area contributed by atoms with E-state index >= 15 is 0 Å². The highest BCUT2D eigenvalue weighted by Crippen LogP contribution is 2.12. The van der Waals surface area contributed by atoms with Crippen LogP contribution in [0.5, 0.6) is 0 Å². The zero-order chi connectivity index (χ0) is 21.3. The zero-order valence-electron chi connectivity index (χ0n) is 17.4. The van der Waals surface area contributed by atoms with Gasteiger partial charge < -0.3 is 0 Å². The molecule has 0 nitrogen and oxygen atoms in total. The van der Waals surface area contributed by atoms with Crippen LogP contribution in [-0.4, -0.2) is 0 Å². The summed E-state index contributed by atoms with van der Waals surface area (Å²) in [6, 6.07) is 17.6. The molecule has 0 aliphatic rings. The van der Waals surface area contributed by atoms with Gasteiger partial charge in [-0.15, -0.1) is 0 Å². The van der Waals surface area contributed by atoms with Crippen LogP contribution < -0.4 is 0 Å². The lowest BCUT2D eigenvalue weighted by atomic mass is 10.1. The van der Waals surface area contributed by atoms with Crippen LogP contribution in [0.4, 0.5) is 8.78 Å². The molecule has 0 saturated heterocycles. The lowest BCUT2D eigenvalue weighted by Crippen LogP contribution is -1.87. The molecule has 0 saturated carbocycles. The Morgan fingerprint density at radius 2 is 1.27 bits per heavy atom. The van der Waals surface area contributed by atoms with E-state index in [9.17, 15) is 8.78 Å². The number of hydrogen-bond donors (Lipinski definition) is 0. The minimum Gasteiger partial charge on any atom is -0.207 e. The molecule has 0 aliphatic heterocycles. The highest BCUT2D eigenvalue weighted by atomic mass is 19.1. The van der Waals surface area contributed by atoms with E-state index < -0.39 is 5.82 Å². The van der Waals surface area contributed by atoms with Gasteiger partial charge in [-0.25, -0.2) is 8.78 Å². The summed E-state index contributed by atoms with van der Waals surface area (Å²) in [6.45, 7) is 3.89. The molecule has 0 unspecified atom stereocenters. The molecule has 0 aromatic heterocycles. The van der Waals surface area contributed by atoms with Gasteiger partial charge in [0.15, 0.2) is 0 Å². The third-order valence-corrected chi connectivity index (χ3v) is 4.86. The topological polar surface area (TPSA) is 0 Å². The lowest BCUT2D eigenvalue weighted by Gasteiger charge is -2.00. The van der Waals surface area contributed by atoms with Gasteiger partial charge in [0.25, 0.3) is 0 Å². The van der Waals surface area contributed by atoms with Crippen LogP contribution in [0.1, 0.15) is 59.6 Å². The van der Waals surface area contributed by atoms with Gasteiger partial charge in [0.05, 0.1) is 5.56 Å². The maximum absolute atomic E-state index is 14.4. The van der Waals surface area contributed by atoms with E-state index in [1.165, 1.54) is 37.0 Å². The predicted molar refractivity (Wildman–Crippen MR) is 119 cm³/mol. The van der Waals surface area contributed by atoms with E-state index in [-0.39, 0.29) is 5.82 Å². The fourth-order valence-electron chi connectivity index (χ4n) is 2.98. The zero-order valence-corrected chi connectivity index (χ0v) is 17.4. The molecular weight excluding hydrogens is 374 g/mol. The number of rotatable bonds is 4. The lowest BCUT2D eigenvalue weighted by molar-refractivity contribution is 0.618. The minimum atomic E-state index is -0.416. The SMILES string of the molecule is CCCCCc1ccc(C#Cc2ccc(C#Cc3ccc(C)c(F)c3)cc2F)cc1. The monoisotopic (exact) mass is 398 g/mol. The van der Waals surface area contributed by atoms with Crippen molar-refractivity contribution in [1.82, 2.24) is 0 Å². The molecule has 0 N–H and O–H groups in total. The first-order valence-electron chi connectivity index (χ1n) is 10.2. The molecule has 3 rings (SSSR count). The molecule has 0 bridgehead atoms. The Kier molecular flexibility index (Phi) is 7.42. The van der Waals surface area contributed by atoms with Crippen LogP contribution in [0.15, 0.2) is 60.7 Å². The van der Waals surface area contributed by atoms with E-state index in [2.05, 4.69) is 42.7 Å². The highest BCUT2D eigenvalue weighted by molar-refractivity contribution is 5.49. The number of halogens is 2. The van der Waals surface area contributed by atoms with Crippen LogP contribution in [0.2, 0.25) is 0 Å². The Balaban J connectivity index is 1.69. The highest BCUT2D eigenvalue weighted by Gasteiger charge is 2.01. The minimum absolute atomic E-state index is 0.299. The van der Waals surface area contributed by atoms with Crippen molar-refractivity contribution in [3.05, 3.63) is 106 Å². The largest absolute Gasteiger partial charge is 0.207 e. The Morgan fingerprint density at radius 3 is 1.90 bits per heavy atom. The second-order valence-electron chi connectivity index (χ2n) is 7.31. The van der Waals surface area contributed by atoms with Crippen molar-refractivity contribution in [1.29, 1.82) is 0 Å². The fraction of sp³-hybridized carbons (Fsp3) is 0.214. The van der Waals surface area contributed by atoms with Crippen molar-refractivity contribution >= 4 is 0 Å². The summed E-state index contributed by atoms with van der Waals surface area (Å²) in [4.78, 5) is 0. The third-order valence-electron chi connectivity index (χ3n) is 4.86. The molecule has 150 valence electrons. The second-order valence-corrected chi connectivity index (χ2v) is 7.31. The molecule has 30 heavy (non-hydrogen) atoms. The summed E-state index contributed by atoms with van der Waals surface area (Å²) in [6.07, 6.45) is 4.72. The molecule has 0 amide bonds. The maximum Gasteiger partial charge on any atom is 0.140 e. The number of benzene rings is 3. The second kappa shape index (κ2) is 10.4. The van der Waals surface area contributed by atoms with Gasteiger partial charge in [-0.1, -0.05) is 61.6 Å². The smallest absolute Gasteiger partial charge is 0.140 e. The van der Waals surface area contributed by atoms with E-state index in [0.29, 0.717) is 22.3 Å². The van der Waals surface area contributed by atoms with Gasteiger partial charge in [0.1, 0.15) is 11.6 Å². The maximum atomic E-state index is 14.4. The molecule has 2 heteroatoms. The molecule has 0 radical (unpaired) electrons. The van der Waals surface area contributed by atoms with Gasteiger partial charge in [-0.3, -0.25) is 0 Å². The fourth-order valence-corrected chi connectivity index (χ4v) is 2.98. The first-order valence-corrected chi connectivity index (χ1v) is 10.2. The van der Waals surface area contributed by atoms with Crippen LogP contribution in [0.25, 0.3) is 0 Å². The summed E-state index contributed by atoms with van der Waals surface area (Å²) in [5.74, 6) is 10.9. The molecule has 3 aromatic rings. The molecular formula is C28H24F2. The number of hydrogen-bond acceptors (Lipinski definition) is 0. The predicted octanol–water partition coefficient (Wildman–Crippen LogP) is 6.81. The van der Waals surface area contributed by atoms with E-state index in [0.717, 1.165) is 12.0 Å². The molecule has 3 aromatic carbocycles. The van der Waals surface area contributed by atoms with E-state index in [4.69, 9.17) is 0 Å². The Bertz CT molecular complexity index is 1130. The first-order chi connectivity index (χ1) is 14.5. The average molecular weight is 398 g/mol. The van der Waals surface area contributed by atoms with Gasteiger partial charge >= 0.3 is 0 Å². The molecule has 0 heterocycles. The van der Waals surface area contributed by atoms with Crippen molar-refractivity contribution in [2.45, 2.75) is 39.5 Å². The van der Waals surface area contributed by atoms with E-state index in [1.54, 1.807) is 31.2 Å². The van der Waals surface area contributed by atoms with Crippen molar-refractivity contribution in [3.63, 3.8) is 0 Å². The molecule has 0 spiro atoms. The van der Waals surface area contributed by atoms with Crippen LogP contribution in [-0.2, 0) is 6.42 Å². The summed E-state index contributed by atoms with van der Waals surface area (Å²) < 4.78 is 28.0. The van der Waals surface area contributed by atoms with Gasteiger partial charge in [-0.2, -0.15) is 0 Å². The summed E-state index contributed by atoms with van der Waals surface area (Å²) >= 11 is 0. The summed E-state index contributed by atoms with van der Waals surface area (Å²) in [5.41, 5.74) is 4.14. The molecule has 0 atom stereocenters. The van der Waals surface area contributed by atoms with Crippen LogP contribution in [0, 0.1) is 42.2 Å². The van der Waals surface area contributed by atoms with Crippen LogP contribution >= 0.6 is 0 Å². The van der Waals surface area contributed by atoms with Gasteiger partial charge in [0, 0.05) is 16.7 Å². The van der Waals surface area contributed by atoms with Crippen molar-refractivity contribution in [2.75, 3.05) is 0 Å². The summed E-state index contributed by atoms with van der Waals surface area (Å²) in [7, 11) is 0. The third kappa shape index (κ3) is 6.07. The van der Waals surface area contributed by atoms with Gasteiger partial charge in [-0.05, 0) is 73.4 Å². The number of aryl methyl sites for hydroxylation is 2. The molecule has 0 aliphatic carbocycles. The van der Waals surface area contributed by atoms with Gasteiger partial charge in [0.2, 0.25) is 0 Å². The van der Waals surface area contributed by atoms with Crippen molar-refractivity contribution < 1.29 is 8.78 Å². The first kappa shape index (κ1) is 21.4. The average Bonchev–Trinajstić information content (AvgIpc) is 2.75. The van der Waals surface area contributed by atoms with Crippen molar-refractivity contribution in [2.24, 2.45) is 0 Å². The standard InChI is InChI=1S/C28H24F2/c1-3-4-5-6-22-9-11-23(12-10-22)15-17-26-18-16-25(20-28(26)30)14-13-24-8-7-21(2)27(29)19-24/h7-12,16,18-20H,3-6H2,1-2H3. The summed E-state index contributed by atoms with van der Waals surface area (Å²) in [5, 5.41) is 0. The molecule has 0 fully saturated rings. The Morgan fingerprint density at radius 1 is 0.667 bits per heavy atom. The Labute approximate surface area is 178 Å².